The molecule has 98 valence electrons. The van der Waals surface area contributed by atoms with E-state index in [0.29, 0.717) is 13.2 Å². The highest BCUT2D eigenvalue weighted by atomic mass is 16.5. The molecule has 1 aromatic carbocycles. The lowest BCUT2D eigenvalue weighted by Crippen LogP contribution is -2.15. The van der Waals surface area contributed by atoms with Crippen molar-refractivity contribution in [2.75, 3.05) is 13.7 Å². The molecule has 0 aromatic heterocycles. The van der Waals surface area contributed by atoms with Gasteiger partial charge in [-0.15, -0.1) is 0 Å². The lowest BCUT2D eigenvalue weighted by molar-refractivity contribution is -0.139. The third kappa shape index (κ3) is 3.47. The maximum Gasteiger partial charge on any atom is 0.303 e. The van der Waals surface area contributed by atoms with Crippen molar-refractivity contribution in [3.63, 3.8) is 0 Å². The van der Waals surface area contributed by atoms with Crippen LogP contribution in [0.5, 0.6) is 5.75 Å². The topological polar surface area (TPSA) is 55.8 Å². The monoisotopic (exact) mass is 250 g/mol. The summed E-state index contributed by atoms with van der Waals surface area (Å²) >= 11 is 0. The minimum absolute atomic E-state index is 0.0989. The number of carboxylic acids is 1. The maximum atomic E-state index is 10.7. The summed E-state index contributed by atoms with van der Waals surface area (Å²) < 4.78 is 10.7. The molecule has 0 heterocycles. The Morgan fingerprint density at radius 3 is 2.50 bits per heavy atom. The van der Waals surface area contributed by atoms with Gasteiger partial charge in [-0.3, -0.25) is 4.79 Å². The molecule has 1 aromatic rings. The van der Waals surface area contributed by atoms with Crippen molar-refractivity contribution < 1.29 is 19.4 Å². The molecular weight excluding hydrogens is 232 g/mol. The first-order valence-corrected chi connectivity index (χ1v) is 6.06. The molecule has 0 radical (unpaired) electrons. The van der Waals surface area contributed by atoms with E-state index in [0.717, 1.165) is 24.2 Å². The van der Waals surface area contributed by atoms with Crippen molar-refractivity contribution >= 4 is 5.97 Å². The van der Waals surface area contributed by atoms with Crippen LogP contribution in [0.3, 0.4) is 0 Å². The van der Waals surface area contributed by atoms with Crippen LogP contribution in [0.15, 0.2) is 24.3 Å². The van der Waals surface area contributed by atoms with Crippen LogP contribution < -0.4 is 4.74 Å². The summed E-state index contributed by atoms with van der Waals surface area (Å²) in [7, 11) is 1.63. The Hall–Kier alpha value is -1.55. The first kappa shape index (κ1) is 12.9. The Labute approximate surface area is 107 Å². The van der Waals surface area contributed by atoms with Gasteiger partial charge in [-0.25, -0.2) is 0 Å². The number of benzene rings is 1. The zero-order chi connectivity index (χ0) is 13.0. The third-order valence-corrected chi connectivity index (χ3v) is 3.32. The highest BCUT2D eigenvalue weighted by Crippen LogP contribution is 2.49. The summed E-state index contributed by atoms with van der Waals surface area (Å²) in [6, 6.07) is 7.69. The Morgan fingerprint density at radius 2 is 2.00 bits per heavy atom. The van der Waals surface area contributed by atoms with Gasteiger partial charge in [0.25, 0.3) is 0 Å². The zero-order valence-corrected chi connectivity index (χ0v) is 10.5. The summed E-state index contributed by atoms with van der Waals surface area (Å²) in [5.74, 6) is 0.0869. The van der Waals surface area contributed by atoms with E-state index in [1.807, 2.05) is 24.3 Å². The molecule has 1 N–H and O–H groups in total. The van der Waals surface area contributed by atoms with Crippen LogP contribution in [0.25, 0.3) is 0 Å². The number of rotatable bonds is 7. The van der Waals surface area contributed by atoms with Crippen molar-refractivity contribution in [2.24, 2.45) is 5.41 Å². The Morgan fingerprint density at radius 1 is 1.33 bits per heavy atom. The van der Waals surface area contributed by atoms with Gasteiger partial charge in [0.1, 0.15) is 5.75 Å². The maximum absolute atomic E-state index is 10.7. The molecule has 18 heavy (non-hydrogen) atoms. The van der Waals surface area contributed by atoms with E-state index in [1.165, 1.54) is 0 Å². The Balaban J connectivity index is 1.76. The van der Waals surface area contributed by atoms with Gasteiger partial charge in [-0.1, -0.05) is 12.1 Å². The fraction of sp³-hybridized carbons (Fsp3) is 0.500. The standard InChI is InChI=1S/C14H18O4/c1-17-12-4-2-11(3-5-12)9-18-10-14(6-7-14)8-13(15)16/h2-5H,6-10H2,1H3,(H,15,16). The van der Waals surface area contributed by atoms with E-state index in [4.69, 9.17) is 14.6 Å². The minimum Gasteiger partial charge on any atom is -0.497 e. The number of hydrogen-bond donors (Lipinski definition) is 1. The highest BCUT2D eigenvalue weighted by molar-refractivity contribution is 5.68. The van der Waals surface area contributed by atoms with E-state index in [2.05, 4.69) is 0 Å². The van der Waals surface area contributed by atoms with Crippen molar-refractivity contribution in [1.82, 2.24) is 0 Å². The molecule has 0 bridgehead atoms. The number of aliphatic carboxylic acids is 1. The van der Waals surface area contributed by atoms with E-state index >= 15 is 0 Å². The fourth-order valence-corrected chi connectivity index (χ4v) is 1.98. The first-order chi connectivity index (χ1) is 8.63. The van der Waals surface area contributed by atoms with Crippen LogP contribution in [0.2, 0.25) is 0 Å². The van der Waals surface area contributed by atoms with Gasteiger partial charge in [0.2, 0.25) is 0 Å². The van der Waals surface area contributed by atoms with Crippen LogP contribution in [-0.4, -0.2) is 24.8 Å². The summed E-state index contributed by atoms with van der Waals surface area (Å²) in [6.07, 6.45) is 2.14. The Bertz CT molecular complexity index is 406. The summed E-state index contributed by atoms with van der Waals surface area (Å²) in [4.78, 5) is 10.7. The summed E-state index contributed by atoms with van der Waals surface area (Å²) in [6.45, 7) is 1.05. The predicted octanol–water partition coefficient (Wildman–Crippen LogP) is 2.47. The van der Waals surface area contributed by atoms with E-state index in [9.17, 15) is 4.79 Å². The summed E-state index contributed by atoms with van der Waals surface area (Å²) in [5.41, 5.74) is 0.972. The second kappa shape index (κ2) is 5.40. The lowest BCUT2D eigenvalue weighted by atomic mass is 10.0. The average molecular weight is 250 g/mol. The molecular formula is C14H18O4. The molecule has 1 aliphatic carbocycles. The largest absolute Gasteiger partial charge is 0.497 e. The van der Waals surface area contributed by atoms with Crippen LogP contribution in [0, 0.1) is 5.41 Å². The molecule has 0 amide bonds. The average Bonchev–Trinajstić information content (AvgIpc) is 3.09. The molecule has 4 nitrogen and oxygen atoms in total. The van der Waals surface area contributed by atoms with Crippen molar-refractivity contribution in [1.29, 1.82) is 0 Å². The zero-order valence-electron chi connectivity index (χ0n) is 10.5. The van der Waals surface area contributed by atoms with Gasteiger partial charge >= 0.3 is 5.97 Å². The third-order valence-electron chi connectivity index (χ3n) is 3.32. The minimum atomic E-state index is -0.736. The van der Waals surface area contributed by atoms with Crippen molar-refractivity contribution in [3.05, 3.63) is 29.8 Å². The van der Waals surface area contributed by atoms with Gasteiger partial charge in [-0.2, -0.15) is 0 Å². The van der Waals surface area contributed by atoms with E-state index in [1.54, 1.807) is 7.11 Å². The van der Waals surface area contributed by atoms with Crippen LogP contribution in [0.1, 0.15) is 24.8 Å². The van der Waals surface area contributed by atoms with Crippen molar-refractivity contribution in [2.45, 2.75) is 25.9 Å². The highest BCUT2D eigenvalue weighted by Gasteiger charge is 2.44. The molecule has 1 saturated carbocycles. The lowest BCUT2D eigenvalue weighted by Gasteiger charge is -2.13. The van der Waals surface area contributed by atoms with E-state index in [-0.39, 0.29) is 11.8 Å². The molecule has 4 heteroatoms. The molecule has 0 spiro atoms. The second-order valence-electron chi connectivity index (χ2n) is 4.91. The summed E-state index contributed by atoms with van der Waals surface area (Å²) in [5, 5.41) is 8.79. The first-order valence-electron chi connectivity index (χ1n) is 6.06. The SMILES string of the molecule is COc1ccc(COCC2(CC(=O)O)CC2)cc1. The Kier molecular flexibility index (Phi) is 3.87. The van der Waals surface area contributed by atoms with Gasteiger partial charge in [0.15, 0.2) is 0 Å². The molecule has 1 aliphatic rings. The van der Waals surface area contributed by atoms with Gasteiger partial charge in [-0.05, 0) is 30.5 Å². The second-order valence-corrected chi connectivity index (χ2v) is 4.91. The molecule has 0 atom stereocenters. The van der Waals surface area contributed by atoms with E-state index < -0.39 is 5.97 Å². The normalized spacial score (nSPS) is 16.3. The molecule has 0 aliphatic heterocycles. The van der Waals surface area contributed by atoms with Crippen LogP contribution >= 0.6 is 0 Å². The smallest absolute Gasteiger partial charge is 0.303 e. The molecule has 0 saturated heterocycles. The van der Waals surface area contributed by atoms with Crippen molar-refractivity contribution in [3.8, 4) is 5.75 Å². The van der Waals surface area contributed by atoms with Crippen LogP contribution in [-0.2, 0) is 16.1 Å². The van der Waals surface area contributed by atoms with Crippen LogP contribution in [0.4, 0.5) is 0 Å². The number of ether oxygens (including phenoxy) is 2. The molecule has 0 unspecified atom stereocenters. The number of hydrogen-bond acceptors (Lipinski definition) is 3. The van der Waals surface area contributed by atoms with Gasteiger partial charge in [0.05, 0.1) is 26.7 Å². The quantitative estimate of drug-likeness (QED) is 0.807. The fourth-order valence-electron chi connectivity index (χ4n) is 1.98. The van der Waals surface area contributed by atoms with Gasteiger partial charge < -0.3 is 14.6 Å². The number of methoxy groups -OCH3 is 1. The number of carboxylic acid groups (broad SMARTS) is 1. The predicted molar refractivity (Wildman–Crippen MR) is 66.6 cm³/mol. The number of carbonyl (C=O) groups is 1. The molecule has 1 fully saturated rings. The molecule has 2 rings (SSSR count). The van der Waals surface area contributed by atoms with Gasteiger partial charge in [0, 0.05) is 5.41 Å².